The predicted octanol–water partition coefficient (Wildman–Crippen LogP) is 1.13. The Morgan fingerprint density at radius 1 is 1.35 bits per heavy atom. The van der Waals surface area contributed by atoms with Gasteiger partial charge in [0.25, 0.3) is 5.91 Å². The molecule has 0 spiro atoms. The van der Waals surface area contributed by atoms with E-state index >= 15 is 0 Å². The minimum atomic E-state index is -1.26. The van der Waals surface area contributed by atoms with Crippen molar-refractivity contribution in [2.45, 2.75) is 34.3 Å². The number of rotatable bonds is 11. The fourth-order valence-corrected chi connectivity index (χ4v) is 8.54. The number of carbonyl (C=O) groups excluding carboxylic acids is 2. The van der Waals surface area contributed by atoms with Gasteiger partial charge in [-0.05, 0) is 19.1 Å². The van der Waals surface area contributed by atoms with Crippen molar-refractivity contribution in [3.63, 3.8) is 0 Å². The molecule has 12 nitrogen and oxygen atoms in total. The lowest BCUT2D eigenvalue weighted by Gasteiger charge is -2.49. The average molecular weight is 584 g/mol. The number of fused-ring (bicyclic) bond motifs is 1. The smallest absolute Gasteiger partial charge is 0.353 e. The molecule has 0 unspecified atom stereocenters. The first-order valence-electron chi connectivity index (χ1n) is 11.0. The lowest BCUT2D eigenvalue weighted by molar-refractivity contribution is -0.151. The highest BCUT2D eigenvalue weighted by Gasteiger charge is 2.54. The molecule has 1 saturated heterocycles. The lowest BCUT2D eigenvalue weighted by Crippen LogP contribution is -2.71. The number of β-lactam (4-membered cyclic amide) rings is 1. The van der Waals surface area contributed by atoms with E-state index in [0.29, 0.717) is 23.0 Å². The number of nitrogens with zero attached hydrogens (tertiary/aromatic N) is 3. The van der Waals surface area contributed by atoms with E-state index in [1.54, 1.807) is 17.8 Å². The molecule has 1 fully saturated rings. The van der Waals surface area contributed by atoms with Crippen LogP contribution in [-0.4, -0.2) is 72.4 Å². The Bertz CT molecular complexity index is 1240. The predicted molar refractivity (Wildman–Crippen MR) is 144 cm³/mol. The molecule has 2 aromatic rings. The van der Waals surface area contributed by atoms with Gasteiger partial charge >= 0.3 is 5.97 Å². The van der Waals surface area contributed by atoms with E-state index < -0.39 is 35.2 Å². The first-order chi connectivity index (χ1) is 17.7. The van der Waals surface area contributed by atoms with Crippen LogP contribution in [0, 0.1) is 6.92 Å². The Hall–Kier alpha value is -2.34. The maximum atomic E-state index is 13.0. The van der Waals surface area contributed by atoms with Gasteiger partial charge in [-0.1, -0.05) is 17.8 Å². The highest BCUT2D eigenvalue weighted by molar-refractivity contribution is 8.07. The summed E-state index contributed by atoms with van der Waals surface area (Å²) in [6.45, 7) is 2.45. The number of carboxylic acids is 1. The number of aromatic nitrogens is 2. The van der Waals surface area contributed by atoms with Crippen molar-refractivity contribution in [3.05, 3.63) is 45.2 Å². The highest BCUT2D eigenvalue weighted by Crippen LogP contribution is 2.47. The minimum Gasteiger partial charge on any atom is -0.477 e. The third-order valence-electron chi connectivity index (χ3n) is 5.40. The third kappa shape index (κ3) is 5.89. The molecular weight excluding hydrogens is 559 g/mol. The van der Waals surface area contributed by atoms with Crippen molar-refractivity contribution < 1.29 is 24.7 Å². The number of nitrogens with two attached hydrogens (primary N) is 2. The van der Waals surface area contributed by atoms with Crippen molar-refractivity contribution in [1.82, 2.24) is 25.7 Å². The van der Waals surface area contributed by atoms with Gasteiger partial charge < -0.3 is 27.1 Å². The van der Waals surface area contributed by atoms with Crippen molar-refractivity contribution in [3.8, 4) is 0 Å². The van der Waals surface area contributed by atoms with Crippen LogP contribution in [0.2, 0.25) is 0 Å². The van der Waals surface area contributed by atoms with E-state index in [9.17, 15) is 24.7 Å². The van der Waals surface area contributed by atoms with Crippen molar-refractivity contribution >= 4 is 70.2 Å². The number of amides is 2. The molecule has 2 aliphatic rings. The quantitative estimate of drug-likeness (QED) is 0.125. The number of thiazole rings is 1. The van der Waals surface area contributed by atoms with Crippen LogP contribution in [0.1, 0.15) is 22.4 Å². The summed E-state index contributed by atoms with van der Waals surface area (Å²) >= 11 is 5.81. The normalized spacial score (nSPS) is 19.9. The molecule has 2 aromatic heterocycles. The molecule has 0 aromatic carbocycles. The number of pyridine rings is 1. The molecule has 2 aliphatic heterocycles. The maximum absolute atomic E-state index is 13.0. The number of nitrogen functional groups attached to an aromatic ring is 1. The topological polar surface area (TPSA) is 197 Å². The van der Waals surface area contributed by atoms with Crippen LogP contribution in [0.25, 0.3) is 0 Å². The number of hydrogen-bond acceptors (Lipinski definition) is 13. The van der Waals surface area contributed by atoms with Crippen LogP contribution in [0.15, 0.2) is 33.0 Å². The fraction of sp³-hybridized carbons (Fsp3) is 0.381. The number of aryl methyl sites for hydroxylation is 1. The van der Waals surface area contributed by atoms with Gasteiger partial charge in [0.05, 0.1) is 20.6 Å². The zero-order chi connectivity index (χ0) is 26.7. The molecule has 0 bridgehead atoms. The van der Waals surface area contributed by atoms with Crippen molar-refractivity contribution in [2.24, 2.45) is 5.73 Å². The molecule has 3 atom stereocenters. The zero-order valence-corrected chi connectivity index (χ0v) is 22.8. The van der Waals surface area contributed by atoms with E-state index in [2.05, 4.69) is 15.3 Å². The van der Waals surface area contributed by atoms with Crippen LogP contribution in [0.4, 0.5) is 5.82 Å². The molecule has 2 amide bonds. The number of nitrogens with one attached hydrogen (secondary N) is 2. The number of anilines is 1. The number of thioether (sulfide) groups is 3. The molecule has 37 heavy (non-hydrogen) atoms. The minimum absolute atomic E-state index is 0.0924. The second kappa shape index (κ2) is 12.0. The van der Waals surface area contributed by atoms with Gasteiger partial charge in [0, 0.05) is 28.7 Å². The van der Waals surface area contributed by atoms with Gasteiger partial charge in [0.15, 0.2) is 6.04 Å². The first kappa shape index (κ1) is 27.7. The van der Waals surface area contributed by atoms with Gasteiger partial charge in [0.2, 0.25) is 5.91 Å². The number of carboxylic acid groups (broad SMARTS) is 1. The number of hydrogen-bond donors (Lipinski definition) is 6. The van der Waals surface area contributed by atoms with Crippen molar-refractivity contribution in [2.75, 3.05) is 23.8 Å². The number of hydroxylamine groups is 1. The second-order valence-electron chi connectivity index (χ2n) is 7.93. The Labute approximate surface area is 229 Å². The maximum Gasteiger partial charge on any atom is 0.353 e. The number of carbonyl (C=O) groups is 3. The second-order valence-corrected chi connectivity index (χ2v) is 12.7. The van der Waals surface area contributed by atoms with E-state index in [1.165, 1.54) is 51.9 Å². The average Bonchev–Trinajstić information content (AvgIpc) is 3.21. The van der Waals surface area contributed by atoms with Crippen LogP contribution in [-0.2, 0) is 20.1 Å². The molecule has 0 aliphatic carbocycles. The summed E-state index contributed by atoms with van der Waals surface area (Å²) in [5, 5.41) is 22.4. The third-order valence-corrected chi connectivity index (χ3v) is 10.2. The molecule has 8 N–H and O–H groups in total. The van der Waals surface area contributed by atoms with Crippen LogP contribution < -0.4 is 22.3 Å². The Morgan fingerprint density at radius 3 is 2.81 bits per heavy atom. The Kier molecular flexibility index (Phi) is 8.99. The first-order valence-corrected chi connectivity index (χ1v) is 14.8. The summed E-state index contributed by atoms with van der Waals surface area (Å²) in [6.07, 6.45) is 0. The summed E-state index contributed by atoms with van der Waals surface area (Å²) in [7, 11) is 0. The summed E-state index contributed by atoms with van der Waals surface area (Å²) in [4.78, 5) is 48.5. The summed E-state index contributed by atoms with van der Waals surface area (Å²) in [6, 6.07) is 2.41. The zero-order valence-electron chi connectivity index (χ0n) is 19.5. The fourth-order valence-electron chi connectivity index (χ4n) is 3.78. The van der Waals surface area contributed by atoms with Crippen LogP contribution >= 0.6 is 46.6 Å². The van der Waals surface area contributed by atoms with Gasteiger partial charge in [-0.25, -0.2) is 14.8 Å². The van der Waals surface area contributed by atoms with Gasteiger partial charge in [-0.15, -0.1) is 23.1 Å². The summed E-state index contributed by atoms with van der Waals surface area (Å²) in [5.74, 6) is -0.497. The number of aliphatic carboxylic acids is 1. The molecule has 0 radical (unpaired) electrons. The summed E-state index contributed by atoms with van der Waals surface area (Å²) in [5.41, 5.74) is 14.1. The van der Waals surface area contributed by atoms with E-state index in [1.807, 2.05) is 12.4 Å². The largest absolute Gasteiger partial charge is 0.477 e. The van der Waals surface area contributed by atoms with E-state index in [4.69, 9.17) is 11.5 Å². The molecular formula is C21H25N7O5S4. The monoisotopic (exact) mass is 583 g/mol. The SMILES string of the molecule is Cc1nc(CSCCN)c(SC2=C(C(=O)O)N3C(=O)[C@@H](NC(=O)[C@H](NO)c4cccc(N)n4)[C@H]3SC2)s1. The molecule has 4 heterocycles. The molecule has 4 rings (SSSR count). The molecule has 0 saturated carbocycles. The molecule has 16 heteroatoms. The highest BCUT2D eigenvalue weighted by atomic mass is 32.2. The lowest BCUT2D eigenvalue weighted by atomic mass is 10.0. The van der Waals surface area contributed by atoms with Crippen LogP contribution in [0.5, 0.6) is 0 Å². The Morgan fingerprint density at radius 2 is 2.14 bits per heavy atom. The Balaban J connectivity index is 1.50. The van der Waals surface area contributed by atoms with Gasteiger partial charge in [-0.3, -0.25) is 14.5 Å². The van der Waals surface area contributed by atoms with E-state index in [-0.39, 0.29) is 17.2 Å². The van der Waals surface area contributed by atoms with Crippen LogP contribution in [0.3, 0.4) is 0 Å². The summed E-state index contributed by atoms with van der Waals surface area (Å²) < 4.78 is 0.888. The van der Waals surface area contributed by atoms with Gasteiger partial charge in [0.1, 0.15) is 22.9 Å². The van der Waals surface area contributed by atoms with Gasteiger partial charge in [-0.2, -0.15) is 17.2 Å². The molecule has 198 valence electrons. The van der Waals surface area contributed by atoms with Crippen molar-refractivity contribution in [1.29, 1.82) is 0 Å². The van der Waals surface area contributed by atoms with E-state index in [0.717, 1.165) is 20.7 Å². The standard InChI is InChI=1S/C21H25N7O5S4/c1-9-24-11(7-34-6-5-22)21(36-9)37-12-8-35-19-15(18(30)28(19)16(12)20(31)32)26-17(29)14(27-33)10-3-2-4-13(23)25-10/h2-4,14-15,19,27,33H,5-8,22H2,1H3,(H2,23,25)(H,26,29)(H,31,32)/t14-,15-,19-/m1/s1.